The maximum Gasteiger partial charge on any atom is 0.387 e. The molecule has 1 amide bonds. The summed E-state index contributed by atoms with van der Waals surface area (Å²) < 4.78 is 33.3. The minimum absolute atomic E-state index is 0.0451. The number of benzene rings is 1. The second-order valence-electron chi connectivity index (χ2n) is 4.51. The van der Waals surface area contributed by atoms with Gasteiger partial charge in [-0.05, 0) is 38.1 Å². The number of hydrogen-bond donors (Lipinski definition) is 1. The molecule has 0 fully saturated rings. The zero-order chi connectivity index (χ0) is 17.7. The summed E-state index contributed by atoms with van der Waals surface area (Å²) in [6.07, 6.45) is 0. The van der Waals surface area contributed by atoms with Crippen molar-refractivity contribution in [2.24, 2.45) is 0 Å². The summed E-state index contributed by atoms with van der Waals surface area (Å²) in [6.45, 7) is 0.641. The minimum Gasteiger partial charge on any atom is -0.462 e. The number of nitrogens with one attached hydrogen (secondary N) is 1. The zero-order valence-corrected chi connectivity index (χ0v) is 13.7. The van der Waals surface area contributed by atoms with Gasteiger partial charge in [0.15, 0.2) is 5.13 Å². The molecule has 1 N–H and O–H groups in total. The van der Waals surface area contributed by atoms with Gasteiger partial charge in [-0.3, -0.25) is 10.1 Å². The van der Waals surface area contributed by atoms with Gasteiger partial charge in [0, 0.05) is 5.56 Å². The molecule has 0 saturated carbocycles. The molecule has 1 aromatic heterocycles. The van der Waals surface area contributed by atoms with Gasteiger partial charge in [-0.2, -0.15) is 8.78 Å². The molecule has 1 aromatic carbocycles. The molecule has 24 heavy (non-hydrogen) atoms. The quantitative estimate of drug-likeness (QED) is 0.802. The van der Waals surface area contributed by atoms with Gasteiger partial charge >= 0.3 is 12.6 Å². The van der Waals surface area contributed by atoms with Crippen molar-refractivity contribution in [1.82, 2.24) is 4.98 Å². The molecule has 128 valence electrons. The van der Waals surface area contributed by atoms with Crippen LogP contribution in [0.1, 0.15) is 32.6 Å². The van der Waals surface area contributed by atoms with Crippen molar-refractivity contribution in [1.29, 1.82) is 0 Å². The molecule has 0 atom stereocenters. The van der Waals surface area contributed by atoms with Gasteiger partial charge in [0.05, 0.1) is 12.3 Å². The van der Waals surface area contributed by atoms with Crippen LogP contribution >= 0.6 is 11.3 Å². The lowest BCUT2D eigenvalue weighted by Gasteiger charge is -2.05. The third kappa shape index (κ3) is 4.48. The smallest absolute Gasteiger partial charge is 0.387 e. The number of ether oxygens (including phenoxy) is 2. The van der Waals surface area contributed by atoms with E-state index in [-0.39, 0.29) is 23.1 Å². The summed E-state index contributed by atoms with van der Waals surface area (Å²) in [7, 11) is 0. The molecular weight excluding hydrogens is 342 g/mol. The first-order chi connectivity index (χ1) is 11.4. The number of nitrogens with zero attached hydrogens (tertiary/aromatic N) is 1. The molecule has 0 radical (unpaired) electrons. The molecule has 0 saturated heterocycles. The van der Waals surface area contributed by atoms with E-state index in [0.717, 1.165) is 11.3 Å². The standard InChI is InChI=1S/C15H14F2N2O4S/c1-3-22-13(21)11-8(2)18-15(24-11)19-12(20)9-4-6-10(7-5-9)23-14(16)17/h4-7,14H,3H2,1-2H3,(H,18,19,20). The number of halogens is 2. The van der Waals surface area contributed by atoms with E-state index in [1.54, 1.807) is 13.8 Å². The van der Waals surface area contributed by atoms with Crippen LogP contribution in [0.4, 0.5) is 13.9 Å². The summed E-state index contributed by atoms with van der Waals surface area (Å²) in [6, 6.07) is 5.22. The van der Waals surface area contributed by atoms with Crippen molar-refractivity contribution < 1.29 is 27.8 Å². The zero-order valence-electron chi connectivity index (χ0n) is 12.8. The van der Waals surface area contributed by atoms with Gasteiger partial charge in [0.1, 0.15) is 10.6 Å². The van der Waals surface area contributed by atoms with Gasteiger partial charge in [-0.15, -0.1) is 0 Å². The average molecular weight is 356 g/mol. The van der Waals surface area contributed by atoms with Crippen LogP contribution in [0.5, 0.6) is 5.75 Å². The van der Waals surface area contributed by atoms with Crippen molar-refractivity contribution >= 4 is 28.3 Å². The Bertz CT molecular complexity index is 732. The number of anilines is 1. The number of thiazole rings is 1. The maximum atomic E-state index is 12.1. The highest BCUT2D eigenvalue weighted by Gasteiger charge is 2.18. The minimum atomic E-state index is -2.93. The van der Waals surface area contributed by atoms with Crippen molar-refractivity contribution in [2.45, 2.75) is 20.5 Å². The molecule has 0 spiro atoms. The van der Waals surface area contributed by atoms with Crippen LogP contribution < -0.4 is 10.1 Å². The first-order valence-electron chi connectivity index (χ1n) is 6.91. The van der Waals surface area contributed by atoms with E-state index in [9.17, 15) is 18.4 Å². The van der Waals surface area contributed by atoms with Crippen LogP contribution in [0.15, 0.2) is 24.3 Å². The highest BCUT2D eigenvalue weighted by molar-refractivity contribution is 7.17. The Morgan fingerprint density at radius 3 is 2.54 bits per heavy atom. The van der Waals surface area contributed by atoms with Gasteiger partial charge in [-0.25, -0.2) is 9.78 Å². The summed E-state index contributed by atoms with van der Waals surface area (Å²) in [4.78, 5) is 28.2. The van der Waals surface area contributed by atoms with E-state index in [1.807, 2.05) is 0 Å². The molecule has 0 unspecified atom stereocenters. The highest BCUT2D eigenvalue weighted by atomic mass is 32.1. The Kier molecular flexibility index (Phi) is 5.80. The van der Waals surface area contributed by atoms with Crippen molar-refractivity contribution in [3.8, 4) is 5.75 Å². The lowest BCUT2D eigenvalue weighted by Crippen LogP contribution is -2.11. The average Bonchev–Trinajstić information content (AvgIpc) is 2.88. The summed E-state index contributed by atoms with van der Waals surface area (Å²) in [5.74, 6) is -1.03. The number of esters is 1. The molecule has 0 aliphatic rings. The second-order valence-corrected chi connectivity index (χ2v) is 5.51. The number of carbonyl (C=O) groups excluding carboxylic acids is 2. The number of hydrogen-bond acceptors (Lipinski definition) is 6. The summed E-state index contributed by atoms with van der Waals surface area (Å²) in [5, 5.41) is 2.79. The van der Waals surface area contributed by atoms with Crippen LogP contribution in [0.2, 0.25) is 0 Å². The van der Waals surface area contributed by atoms with Crippen LogP contribution in [-0.2, 0) is 4.74 Å². The third-order valence-corrected chi connectivity index (χ3v) is 3.87. The topological polar surface area (TPSA) is 77.5 Å². The molecule has 0 bridgehead atoms. The molecular formula is C15H14F2N2O4S. The van der Waals surface area contributed by atoms with Crippen molar-refractivity contribution in [3.63, 3.8) is 0 Å². The van der Waals surface area contributed by atoms with Gasteiger partial charge in [0.2, 0.25) is 0 Å². The van der Waals surface area contributed by atoms with Crippen LogP contribution in [0, 0.1) is 6.92 Å². The number of alkyl halides is 2. The Morgan fingerprint density at radius 2 is 1.96 bits per heavy atom. The fourth-order valence-electron chi connectivity index (χ4n) is 1.79. The van der Waals surface area contributed by atoms with Gasteiger partial charge < -0.3 is 9.47 Å². The van der Waals surface area contributed by atoms with Crippen LogP contribution in [-0.4, -0.2) is 30.1 Å². The Morgan fingerprint density at radius 1 is 1.29 bits per heavy atom. The van der Waals surface area contributed by atoms with E-state index >= 15 is 0 Å². The Hall–Kier alpha value is -2.55. The van der Waals surface area contributed by atoms with Gasteiger partial charge in [0.25, 0.3) is 5.91 Å². The molecule has 9 heteroatoms. The fraction of sp³-hybridized carbons (Fsp3) is 0.267. The first-order valence-corrected chi connectivity index (χ1v) is 7.73. The maximum absolute atomic E-state index is 12.1. The Labute approximate surface area is 140 Å². The van der Waals surface area contributed by atoms with E-state index < -0.39 is 18.5 Å². The number of carbonyl (C=O) groups is 2. The largest absolute Gasteiger partial charge is 0.462 e. The lowest BCUT2D eigenvalue weighted by atomic mass is 10.2. The number of aryl methyl sites for hydroxylation is 1. The number of amides is 1. The molecule has 1 heterocycles. The molecule has 2 aromatic rings. The van der Waals surface area contributed by atoms with Crippen molar-refractivity contribution in [2.75, 3.05) is 11.9 Å². The summed E-state index contributed by atoms with van der Waals surface area (Å²) in [5.41, 5.74) is 0.691. The van der Waals surface area contributed by atoms with Crippen LogP contribution in [0.25, 0.3) is 0 Å². The first kappa shape index (κ1) is 17.8. The van der Waals surface area contributed by atoms with E-state index in [2.05, 4.69) is 15.0 Å². The molecule has 6 nitrogen and oxygen atoms in total. The monoisotopic (exact) mass is 356 g/mol. The molecule has 2 rings (SSSR count). The lowest BCUT2D eigenvalue weighted by molar-refractivity contribution is -0.0498. The predicted molar refractivity (Wildman–Crippen MR) is 83.8 cm³/mol. The van der Waals surface area contributed by atoms with E-state index in [1.165, 1.54) is 24.3 Å². The molecule has 0 aliphatic heterocycles. The van der Waals surface area contributed by atoms with Crippen molar-refractivity contribution in [3.05, 3.63) is 40.4 Å². The number of aromatic nitrogens is 1. The molecule has 0 aliphatic carbocycles. The highest BCUT2D eigenvalue weighted by Crippen LogP contribution is 2.24. The van der Waals surface area contributed by atoms with Crippen LogP contribution in [0.3, 0.4) is 0 Å². The number of rotatable bonds is 6. The fourth-order valence-corrected chi connectivity index (χ4v) is 2.65. The van der Waals surface area contributed by atoms with E-state index in [0.29, 0.717) is 10.6 Å². The SMILES string of the molecule is CCOC(=O)c1sc(NC(=O)c2ccc(OC(F)F)cc2)nc1C. The predicted octanol–water partition coefficient (Wildman–Crippen LogP) is 3.48. The van der Waals surface area contributed by atoms with E-state index in [4.69, 9.17) is 4.74 Å². The second kappa shape index (κ2) is 7.82. The normalized spacial score (nSPS) is 10.5. The third-order valence-electron chi connectivity index (χ3n) is 2.82. The summed E-state index contributed by atoms with van der Waals surface area (Å²) >= 11 is 1.00. The van der Waals surface area contributed by atoms with Gasteiger partial charge in [-0.1, -0.05) is 11.3 Å². The Balaban J connectivity index is 2.07.